The highest BCUT2D eigenvalue weighted by Gasteiger charge is 2.25. The molecule has 0 aliphatic carbocycles. The van der Waals surface area contributed by atoms with Crippen molar-refractivity contribution in [2.24, 2.45) is 0 Å². The van der Waals surface area contributed by atoms with Gasteiger partial charge in [-0.1, -0.05) is 19.9 Å². The van der Waals surface area contributed by atoms with Gasteiger partial charge >= 0.3 is 5.97 Å². The van der Waals surface area contributed by atoms with Crippen molar-refractivity contribution in [2.75, 3.05) is 6.61 Å². The van der Waals surface area contributed by atoms with Gasteiger partial charge in [0.15, 0.2) is 5.82 Å². The minimum absolute atomic E-state index is 0.0198. The zero-order valence-electron chi connectivity index (χ0n) is 24.7. The van der Waals surface area contributed by atoms with E-state index >= 15 is 8.78 Å². The summed E-state index contributed by atoms with van der Waals surface area (Å²) in [6.45, 7) is 4.72. The van der Waals surface area contributed by atoms with Gasteiger partial charge in [-0.2, -0.15) is 5.26 Å². The quantitative estimate of drug-likeness (QED) is 0.180. The first-order chi connectivity index (χ1) is 22.2. The zero-order valence-corrected chi connectivity index (χ0v) is 24.7. The van der Waals surface area contributed by atoms with Crippen molar-refractivity contribution in [2.45, 2.75) is 45.9 Å². The maximum Gasteiger partial charge on any atom is 0.335 e. The molecular formula is C33H27F4N5O4. The van der Waals surface area contributed by atoms with Gasteiger partial charge in [0.25, 0.3) is 0 Å². The molecule has 1 saturated heterocycles. The number of benzene rings is 2. The average Bonchev–Trinajstić information content (AvgIpc) is 3.38. The van der Waals surface area contributed by atoms with Crippen LogP contribution in [0.3, 0.4) is 0 Å². The Morgan fingerprint density at radius 3 is 2.48 bits per heavy atom. The number of fused-ring (bicyclic) bond motifs is 1. The molecule has 5 aromatic rings. The Balaban J connectivity index is 0.00000204. The van der Waals surface area contributed by atoms with Crippen molar-refractivity contribution in [3.63, 3.8) is 0 Å². The van der Waals surface area contributed by atoms with E-state index in [1.54, 1.807) is 10.6 Å². The zero-order chi connectivity index (χ0) is 33.0. The third-order valence-electron chi connectivity index (χ3n) is 7.20. The van der Waals surface area contributed by atoms with E-state index < -0.39 is 40.5 Å². The number of imidazole rings is 1. The van der Waals surface area contributed by atoms with Crippen molar-refractivity contribution in [1.82, 2.24) is 19.5 Å². The van der Waals surface area contributed by atoms with Crippen LogP contribution < -0.4 is 4.74 Å². The molecule has 46 heavy (non-hydrogen) atoms. The number of aromatic carboxylic acids is 1. The molecule has 1 atom stereocenters. The highest BCUT2D eigenvalue weighted by atomic mass is 19.1. The van der Waals surface area contributed by atoms with E-state index in [0.717, 1.165) is 24.3 Å². The fourth-order valence-corrected chi connectivity index (χ4v) is 4.83. The Labute approximate surface area is 260 Å². The molecule has 1 unspecified atom stereocenters. The molecule has 13 heteroatoms. The van der Waals surface area contributed by atoms with Crippen LogP contribution in [0.4, 0.5) is 17.6 Å². The van der Waals surface area contributed by atoms with E-state index in [0.29, 0.717) is 18.6 Å². The van der Waals surface area contributed by atoms with Crippen LogP contribution in [-0.2, 0) is 24.3 Å². The number of pyridine rings is 2. The van der Waals surface area contributed by atoms with Crippen molar-refractivity contribution < 1.29 is 36.9 Å². The van der Waals surface area contributed by atoms with Crippen LogP contribution in [0, 0.1) is 34.6 Å². The van der Waals surface area contributed by atoms with Gasteiger partial charge in [0.05, 0.1) is 23.7 Å². The minimum atomic E-state index is -1.33. The van der Waals surface area contributed by atoms with Crippen LogP contribution in [0.1, 0.15) is 53.3 Å². The molecular weight excluding hydrogens is 606 g/mol. The van der Waals surface area contributed by atoms with Crippen molar-refractivity contribution in [3.8, 4) is 23.2 Å². The molecule has 1 aliphatic heterocycles. The average molecular weight is 634 g/mol. The van der Waals surface area contributed by atoms with E-state index in [1.807, 2.05) is 19.9 Å². The second-order valence-electron chi connectivity index (χ2n) is 10.1. The summed E-state index contributed by atoms with van der Waals surface area (Å²) < 4.78 is 73.1. The molecule has 236 valence electrons. The summed E-state index contributed by atoms with van der Waals surface area (Å²) in [5.41, 5.74) is -0.436. The number of aromatic nitrogens is 4. The van der Waals surface area contributed by atoms with Gasteiger partial charge in [-0.25, -0.2) is 37.3 Å². The molecule has 0 amide bonds. The molecule has 4 heterocycles. The fourth-order valence-electron chi connectivity index (χ4n) is 4.83. The van der Waals surface area contributed by atoms with E-state index in [4.69, 9.17) is 14.7 Å². The molecule has 3 aromatic heterocycles. The van der Waals surface area contributed by atoms with Gasteiger partial charge in [-0.3, -0.25) is 0 Å². The summed E-state index contributed by atoms with van der Waals surface area (Å²) in [4.78, 5) is 23.8. The Kier molecular flexibility index (Phi) is 9.58. The normalized spacial score (nSPS) is 13.8. The Hall–Kier alpha value is -5.35. The van der Waals surface area contributed by atoms with E-state index in [1.165, 1.54) is 24.4 Å². The molecule has 1 N–H and O–H groups in total. The Bertz CT molecular complexity index is 1950. The first-order valence-corrected chi connectivity index (χ1v) is 14.4. The van der Waals surface area contributed by atoms with E-state index in [-0.39, 0.29) is 65.2 Å². The number of hydrogen-bond acceptors (Lipinski definition) is 7. The van der Waals surface area contributed by atoms with Crippen molar-refractivity contribution in [3.05, 3.63) is 106 Å². The summed E-state index contributed by atoms with van der Waals surface area (Å²) in [5.74, 6) is -4.84. The van der Waals surface area contributed by atoms with Crippen LogP contribution in [-0.4, -0.2) is 43.3 Å². The number of carbonyl (C=O) groups is 1. The highest BCUT2D eigenvalue weighted by molar-refractivity contribution is 5.92. The standard InChI is InChI=1S/C31H21F4N5O4.C2H6/c32-22-3-4-28(44-15-16-1-2-19(12-36)37-13-16)39-29(22)21-11-23(33)17(7-24(21)34)10-27-38-30-25(35)8-18(31(41)42)9-26(30)40(27)14-20-5-6-43-20;1-2/h1-4,7-9,11,13,20H,5-6,10,14-15H2,(H,41,42);1-2H3. The lowest BCUT2D eigenvalue weighted by atomic mass is 10.0. The Morgan fingerprint density at radius 1 is 1.04 bits per heavy atom. The second-order valence-corrected chi connectivity index (χ2v) is 10.1. The van der Waals surface area contributed by atoms with Crippen molar-refractivity contribution in [1.29, 1.82) is 5.26 Å². The monoisotopic (exact) mass is 633 g/mol. The molecule has 0 spiro atoms. The third-order valence-corrected chi connectivity index (χ3v) is 7.20. The summed E-state index contributed by atoms with van der Waals surface area (Å²) in [7, 11) is 0. The minimum Gasteiger partial charge on any atom is -0.478 e. The maximum atomic E-state index is 15.4. The summed E-state index contributed by atoms with van der Waals surface area (Å²) in [6, 6.07) is 11.1. The number of ether oxygens (including phenoxy) is 2. The first kappa shape index (κ1) is 32.1. The molecule has 0 saturated carbocycles. The lowest BCUT2D eigenvalue weighted by Crippen LogP contribution is -2.31. The molecule has 0 radical (unpaired) electrons. The summed E-state index contributed by atoms with van der Waals surface area (Å²) in [5, 5.41) is 18.3. The summed E-state index contributed by atoms with van der Waals surface area (Å²) >= 11 is 0. The molecule has 1 aliphatic rings. The third kappa shape index (κ3) is 6.67. The number of hydrogen-bond donors (Lipinski definition) is 1. The number of nitrogens with zero attached hydrogens (tertiary/aromatic N) is 5. The number of nitriles is 1. The maximum absolute atomic E-state index is 15.4. The van der Waals surface area contributed by atoms with Gasteiger partial charge in [-0.15, -0.1) is 0 Å². The predicted molar refractivity (Wildman–Crippen MR) is 158 cm³/mol. The van der Waals surface area contributed by atoms with Crippen LogP contribution >= 0.6 is 0 Å². The SMILES string of the molecule is CC.N#Cc1ccc(COc2ccc(F)c(-c3cc(F)c(Cc4nc5c(F)cc(C(=O)O)cc5n4CC4CCO4)cc3F)n2)cn1. The molecule has 0 bridgehead atoms. The van der Waals surface area contributed by atoms with E-state index in [9.17, 15) is 18.7 Å². The number of halogens is 4. The summed E-state index contributed by atoms with van der Waals surface area (Å²) in [6.07, 6.45) is 1.64. The first-order valence-electron chi connectivity index (χ1n) is 14.4. The van der Waals surface area contributed by atoms with Gasteiger partial charge in [0.2, 0.25) is 5.88 Å². The molecule has 1 fully saturated rings. The molecule has 9 nitrogen and oxygen atoms in total. The van der Waals surface area contributed by atoms with Crippen molar-refractivity contribution >= 4 is 17.0 Å². The van der Waals surface area contributed by atoms with Gasteiger partial charge < -0.3 is 19.1 Å². The highest BCUT2D eigenvalue weighted by Crippen LogP contribution is 2.31. The van der Waals surface area contributed by atoms with Gasteiger partial charge in [0.1, 0.15) is 52.9 Å². The van der Waals surface area contributed by atoms with Crippen LogP contribution in [0.5, 0.6) is 5.88 Å². The van der Waals surface area contributed by atoms with Crippen LogP contribution in [0.15, 0.2) is 54.7 Å². The van der Waals surface area contributed by atoms with Crippen LogP contribution in [0.25, 0.3) is 22.3 Å². The number of rotatable bonds is 9. The number of carboxylic acid groups (broad SMARTS) is 1. The lowest BCUT2D eigenvalue weighted by molar-refractivity contribution is -0.0589. The Morgan fingerprint density at radius 2 is 1.83 bits per heavy atom. The van der Waals surface area contributed by atoms with Gasteiger partial charge in [0, 0.05) is 36.4 Å². The molecule has 6 rings (SSSR count). The predicted octanol–water partition coefficient (Wildman–Crippen LogP) is 6.60. The number of carboxylic acids is 1. The topological polar surface area (TPSA) is 123 Å². The lowest BCUT2D eigenvalue weighted by Gasteiger charge is -2.27. The van der Waals surface area contributed by atoms with E-state index in [2.05, 4.69) is 15.0 Å². The fraction of sp³-hybridized carbons (Fsp3) is 0.242. The second kappa shape index (κ2) is 13.7. The smallest absolute Gasteiger partial charge is 0.335 e. The van der Waals surface area contributed by atoms with Crippen LogP contribution in [0.2, 0.25) is 0 Å². The van der Waals surface area contributed by atoms with Gasteiger partial charge in [-0.05, 0) is 48.4 Å². The largest absolute Gasteiger partial charge is 0.478 e. The molecule has 2 aromatic carbocycles.